The highest BCUT2D eigenvalue weighted by Crippen LogP contribution is 2.02. The SMILES string of the molecule is C=CC=N.N#CCCN(CCC#N)CCN(CCN(CCC#N)CCC#N)CCN(CCC#N)CCC#N.NCCN(CCN)CCN. The van der Waals surface area contributed by atoms with Crippen LogP contribution < -0.4 is 17.2 Å². The van der Waals surface area contributed by atoms with Gasteiger partial charge in [0.25, 0.3) is 0 Å². The zero-order valence-corrected chi connectivity index (χ0v) is 29.0. The molecule has 0 aromatic rings. The van der Waals surface area contributed by atoms with Crippen molar-refractivity contribution in [2.45, 2.75) is 38.5 Å². The molecule has 48 heavy (non-hydrogen) atoms. The predicted molar refractivity (Wildman–Crippen MR) is 190 cm³/mol. The van der Waals surface area contributed by atoms with Gasteiger partial charge in [0, 0.05) is 163 Å². The van der Waals surface area contributed by atoms with E-state index >= 15 is 0 Å². The van der Waals surface area contributed by atoms with Crippen molar-refractivity contribution >= 4 is 6.21 Å². The van der Waals surface area contributed by atoms with E-state index in [2.05, 4.69) is 67.5 Å². The fourth-order valence-corrected chi connectivity index (χ4v) is 4.32. The molecule has 0 fully saturated rings. The summed E-state index contributed by atoms with van der Waals surface area (Å²) >= 11 is 0. The largest absolute Gasteiger partial charge is 0.329 e. The van der Waals surface area contributed by atoms with Crippen LogP contribution >= 0.6 is 0 Å². The number of hydrogen-bond acceptors (Lipinski definition) is 15. The quantitative estimate of drug-likeness (QED) is 0.0837. The van der Waals surface area contributed by atoms with E-state index in [4.69, 9.17) is 54.2 Å². The Hall–Kier alpha value is -3.97. The summed E-state index contributed by atoms with van der Waals surface area (Å²) < 4.78 is 0. The van der Waals surface area contributed by atoms with Crippen molar-refractivity contribution in [3.05, 3.63) is 12.7 Å². The first kappa shape index (κ1) is 48.4. The molecule has 0 unspecified atom stereocenters. The van der Waals surface area contributed by atoms with Crippen molar-refractivity contribution in [2.75, 3.05) is 118 Å². The molecule has 266 valence electrons. The molecule has 15 heteroatoms. The number of nitrogens with one attached hydrogen (secondary N) is 1. The highest BCUT2D eigenvalue weighted by atomic mass is 15.2. The molecule has 0 saturated heterocycles. The zero-order chi connectivity index (χ0) is 36.5. The molecule has 0 radical (unpaired) electrons. The van der Waals surface area contributed by atoms with Crippen LogP contribution in [0.3, 0.4) is 0 Å². The standard InChI is InChI=1S/C24H36N10.C6H18N4.C3H5N/c25-7-1-13-31(14-2-8-26)19-22-34(23-20-32(15-3-9-27)16-4-10-28)24-21-33(17-5-11-29)18-6-12-30;7-1-4-10(5-2-8)6-3-9;1-2-3-4/h1-6,13-24H2;1-9H2;2-4H,1H2. The zero-order valence-electron chi connectivity index (χ0n) is 29.0. The third-order valence-electron chi connectivity index (χ3n) is 6.89. The second-order valence-electron chi connectivity index (χ2n) is 10.4. The number of nitrogens with two attached hydrogens (primary N) is 3. The monoisotopic (exact) mass is 666 g/mol. The molecule has 0 heterocycles. The maximum absolute atomic E-state index is 8.94. The molecule has 0 atom stereocenters. The summed E-state index contributed by atoms with van der Waals surface area (Å²) in [6.45, 7) is 16.2. The minimum absolute atomic E-state index is 0.414. The summed E-state index contributed by atoms with van der Waals surface area (Å²) in [5.74, 6) is 0. The second kappa shape index (κ2) is 41.1. The minimum Gasteiger partial charge on any atom is -0.329 e. The van der Waals surface area contributed by atoms with Crippen LogP contribution in [-0.4, -0.2) is 149 Å². The van der Waals surface area contributed by atoms with Crippen LogP contribution in [0.15, 0.2) is 12.7 Å². The summed E-state index contributed by atoms with van der Waals surface area (Å²) in [5, 5.41) is 59.8. The van der Waals surface area contributed by atoms with E-state index in [-0.39, 0.29) is 0 Å². The molecule has 0 bridgehead atoms. The molecule has 0 aromatic carbocycles. The van der Waals surface area contributed by atoms with Gasteiger partial charge in [-0.25, -0.2) is 0 Å². The second-order valence-corrected chi connectivity index (χ2v) is 10.4. The van der Waals surface area contributed by atoms with Crippen LogP contribution in [0, 0.1) is 73.4 Å². The molecular formula is C33H59N15. The van der Waals surface area contributed by atoms with E-state index in [0.717, 1.165) is 65.1 Å². The van der Waals surface area contributed by atoms with E-state index in [1.807, 2.05) is 0 Å². The van der Waals surface area contributed by atoms with Crippen LogP contribution in [0.4, 0.5) is 0 Å². The third kappa shape index (κ3) is 34.9. The Bertz CT molecular complexity index is 830. The van der Waals surface area contributed by atoms with E-state index in [9.17, 15) is 0 Å². The Morgan fingerprint density at radius 1 is 0.396 bits per heavy atom. The fraction of sp³-hybridized carbons (Fsp3) is 0.727. The van der Waals surface area contributed by atoms with Gasteiger partial charge >= 0.3 is 0 Å². The van der Waals surface area contributed by atoms with Gasteiger partial charge in [0.2, 0.25) is 0 Å². The first-order chi connectivity index (χ1) is 23.4. The number of hydrogen-bond donors (Lipinski definition) is 4. The summed E-state index contributed by atoms with van der Waals surface area (Å²) in [6.07, 6.45) is 5.04. The Morgan fingerprint density at radius 3 is 0.708 bits per heavy atom. The van der Waals surface area contributed by atoms with Gasteiger partial charge < -0.3 is 37.3 Å². The molecular weight excluding hydrogens is 606 g/mol. The van der Waals surface area contributed by atoms with Crippen molar-refractivity contribution in [1.82, 2.24) is 24.5 Å². The Morgan fingerprint density at radius 2 is 0.562 bits per heavy atom. The van der Waals surface area contributed by atoms with Crippen LogP contribution in [0.2, 0.25) is 0 Å². The minimum atomic E-state index is 0.414. The first-order valence-electron chi connectivity index (χ1n) is 16.5. The van der Waals surface area contributed by atoms with Gasteiger partial charge in [0.05, 0.1) is 36.4 Å². The third-order valence-corrected chi connectivity index (χ3v) is 6.89. The molecule has 0 amide bonds. The fourth-order valence-electron chi connectivity index (χ4n) is 4.32. The normalized spacial score (nSPS) is 10.0. The average Bonchev–Trinajstić information content (AvgIpc) is 3.10. The van der Waals surface area contributed by atoms with Crippen LogP contribution in [0.5, 0.6) is 0 Å². The molecule has 0 aromatic heterocycles. The van der Waals surface area contributed by atoms with Crippen molar-refractivity contribution in [1.29, 1.82) is 37.0 Å². The van der Waals surface area contributed by atoms with E-state index in [0.29, 0.717) is 97.4 Å². The van der Waals surface area contributed by atoms with Gasteiger partial charge in [-0.15, -0.1) is 0 Å². The number of rotatable bonds is 28. The van der Waals surface area contributed by atoms with E-state index < -0.39 is 0 Å². The highest BCUT2D eigenvalue weighted by Gasteiger charge is 2.14. The van der Waals surface area contributed by atoms with Gasteiger partial charge in [0.1, 0.15) is 0 Å². The molecule has 0 aliphatic heterocycles. The van der Waals surface area contributed by atoms with Gasteiger partial charge in [0.15, 0.2) is 0 Å². The van der Waals surface area contributed by atoms with E-state index in [1.165, 1.54) is 6.08 Å². The number of nitrogens with zero attached hydrogens (tertiary/aromatic N) is 11. The molecule has 0 aliphatic carbocycles. The molecule has 0 rings (SSSR count). The van der Waals surface area contributed by atoms with Crippen molar-refractivity contribution in [3.63, 3.8) is 0 Å². The van der Waals surface area contributed by atoms with Gasteiger partial charge in [-0.2, -0.15) is 31.6 Å². The van der Waals surface area contributed by atoms with Gasteiger partial charge in [-0.05, 0) is 0 Å². The molecule has 7 N–H and O–H groups in total. The number of allylic oxidation sites excluding steroid dienone is 1. The van der Waals surface area contributed by atoms with Gasteiger partial charge in [-0.3, -0.25) is 9.80 Å². The summed E-state index contributed by atoms with van der Waals surface area (Å²) in [4.78, 5) is 10.9. The topological polar surface area (TPSA) is 261 Å². The molecule has 0 aliphatic rings. The summed E-state index contributed by atoms with van der Waals surface area (Å²) in [7, 11) is 0. The first-order valence-corrected chi connectivity index (χ1v) is 16.5. The maximum Gasteiger partial charge on any atom is 0.0635 e. The lowest BCUT2D eigenvalue weighted by Gasteiger charge is -2.31. The lowest BCUT2D eigenvalue weighted by molar-refractivity contribution is 0.159. The van der Waals surface area contributed by atoms with Crippen molar-refractivity contribution in [2.24, 2.45) is 17.2 Å². The summed E-state index contributed by atoms with van der Waals surface area (Å²) in [5.41, 5.74) is 16.1. The smallest absolute Gasteiger partial charge is 0.0635 e. The lowest BCUT2D eigenvalue weighted by Crippen LogP contribution is -2.44. The van der Waals surface area contributed by atoms with Crippen LogP contribution in [0.25, 0.3) is 0 Å². The number of nitriles is 6. The molecule has 0 saturated carbocycles. The Labute approximate surface area is 290 Å². The predicted octanol–water partition coefficient (Wildman–Crippen LogP) is 0.663. The lowest BCUT2D eigenvalue weighted by atomic mass is 10.3. The molecule has 15 nitrogen and oxygen atoms in total. The summed E-state index contributed by atoms with van der Waals surface area (Å²) in [6, 6.07) is 13.0. The average molecular weight is 666 g/mol. The van der Waals surface area contributed by atoms with Gasteiger partial charge in [-0.1, -0.05) is 12.7 Å². The maximum atomic E-state index is 8.94. The van der Waals surface area contributed by atoms with Crippen molar-refractivity contribution in [3.8, 4) is 36.4 Å². The van der Waals surface area contributed by atoms with E-state index in [1.54, 1.807) is 0 Å². The van der Waals surface area contributed by atoms with Crippen LogP contribution in [-0.2, 0) is 0 Å². The highest BCUT2D eigenvalue weighted by molar-refractivity contribution is 5.66. The molecule has 0 spiro atoms. The van der Waals surface area contributed by atoms with Crippen LogP contribution in [0.1, 0.15) is 38.5 Å². The Balaban J connectivity index is -0.00000120. The Kier molecular flexibility index (Phi) is 41.4. The van der Waals surface area contributed by atoms with Crippen molar-refractivity contribution < 1.29 is 0 Å².